The van der Waals surface area contributed by atoms with Crippen LogP contribution in [0.1, 0.15) is 27.2 Å². The third-order valence-corrected chi connectivity index (χ3v) is 3.24. The van der Waals surface area contributed by atoms with Gasteiger partial charge in [0.15, 0.2) is 0 Å². The topological polar surface area (TPSA) is 87.2 Å². The smallest absolute Gasteiger partial charge is 0.299 e. The molecule has 2 N–H and O–H groups in total. The van der Waals surface area contributed by atoms with Crippen molar-refractivity contribution in [3.05, 3.63) is 57.0 Å². The maximum absolute atomic E-state index is 12.1. The first-order valence-corrected chi connectivity index (χ1v) is 6.44. The second kappa shape index (κ2) is 5.78. The number of carbonyl (C=O) groups excluding carboxylic acids is 1. The molecule has 110 valence electrons. The Morgan fingerprint density at radius 2 is 2.05 bits per heavy atom. The van der Waals surface area contributed by atoms with E-state index in [1.165, 1.54) is 17.7 Å². The van der Waals surface area contributed by atoms with Crippen LogP contribution >= 0.6 is 0 Å². The lowest BCUT2D eigenvalue weighted by Crippen LogP contribution is -2.23. The molecule has 0 aliphatic rings. The summed E-state index contributed by atoms with van der Waals surface area (Å²) >= 11 is 0. The van der Waals surface area contributed by atoms with Gasteiger partial charge in [-0.15, -0.1) is 0 Å². The van der Waals surface area contributed by atoms with Crippen molar-refractivity contribution < 1.29 is 9.53 Å². The zero-order valence-corrected chi connectivity index (χ0v) is 12.2. The quantitative estimate of drug-likeness (QED) is 0.909. The van der Waals surface area contributed by atoms with Gasteiger partial charge >= 0.3 is 0 Å². The number of carbonyl (C=O) groups is 1. The molecule has 0 unspecified atom stereocenters. The number of aryl methyl sites for hydroxylation is 2. The monoisotopic (exact) mass is 287 g/mol. The van der Waals surface area contributed by atoms with E-state index in [1.807, 2.05) is 6.92 Å². The Hall–Kier alpha value is -2.63. The fourth-order valence-corrected chi connectivity index (χ4v) is 2.09. The molecule has 0 saturated carbocycles. The van der Waals surface area contributed by atoms with E-state index in [0.29, 0.717) is 17.8 Å². The highest BCUT2D eigenvalue weighted by atomic mass is 16.5. The first-order valence-electron chi connectivity index (χ1n) is 6.44. The molecule has 0 saturated heterocycles. The third kappa shape index (κ3) is 3.10. The molecule has 0 fully saturated rings. The molecular formula is C15H17N3O3. The summed E-state index contributed by atoms with van der Waals surface area (Å²) in [5, 5.41) is 0. The Kier molecular flexibility index (Phi) is 4.07. The van der Waals surface area contributed by atoms with Gasteiger partial charge in [0.2, 0.25) is 5.91 Å². The standard InChI is InChI=1S/C15H17N3O3/c1-9-6-11(14(16)20)4-5-12(9)8-18-13(19)7-10(2)17-15(18)21-3/h4-7H,8H2,1-3H3,(H2,16,20). The van der Waals surface area contributed by atoms with Gasteiger partial charge in [-0.25, -0.2) is 4.98 Å². The maximum atomic E-state index is 12.1. The summed E-state index contributed by atoms with van der Waals surface area (Å²) in [6.07, 6.45) is 0. The predicted octanol–water partition coefficient (Wildman–Crippen LogP) is 1.02. The number of hydrogen-bond acceptors (Lipinski definition) is 4. The Morgan fingerprint density at radius 3 is 2.62 bits per heavy atom. The van der Waals surface area contributed by atoms with Crippen LogP contribution in [0.25, 0.3) is 0 Å². The fraction of sp³-hybridized carbons (Fsp3) is 0.267. The van der Waals surface area contributed by atoms with E-state index in [1.54, 1.807) is 25.1 Å². The van der Waals surface area contributed by atoms with Crippen LogP contribution in [0.15, 0.2) is 29.1 Å². The van der Waals surface area contributed by atoms with E-state index in [9.17, 15) is 9.59 Å². The first-order chi connectivity index (χ1) is 9.92. The molecule has 0 radical (unpaired) electrons. The van der Waals surface area contributed by atoms with Crippen LogP contribution in [0.2, 0.25) is 0 Å². The number of primary amides is 1. The lowest BCUT2D eigenvalue weighted by molar-refractivity contribution is 0.1000. The van der Waals surface area contributed by atoms with Crippen LogP contribution < -0.4 is 16.0 Å². The number of aromatic nitrogens is 2. The molecule has 1 aromatic heterocycles. The van der Waals surface area contributed by atoms with Gasteiger partial charge in [-0.3, -0.25) is 14.2 Å². The average Bonchev–Trinajstić information content (AvgIpc) is 2.42. The largest absolute Gasteiger partial charge is 0.468 e. The molecule has 2 rings (SSSR count). The lowest BCUT2D eigenvalue weighted by Gasteiger charge is -2.13. The number of benzene rings is 1. The highest BCUT2D eigenvalue weighted by Gasteiger charge is 2.10. The maximum Gasteiger partial charge on any atom is 0.299 e. The van der Waals surface area contributed by atoms with E-state index >= 15 is 0 Å². The lowest BCUT2D eigenvalue weighted by atomic mass is 10.0. The summed E-state index contributed by atoms with van der Waals surface area (Å²) in [5.74, 6) is -0.476. The highest BCUT2D eigenvalue weighted by molar-refractivity contribution is 5.93. The van der Waals surface area contributed by atoms with Crippen LogP contribution in [0.3, 0.4) is 0 Å². The molecule has 1 heterocycles. The average molecular weight is 287 g/mol. The summed E-state index contributed by atoms with van der Waals surface area (Å²) in [7, 11) is 1.47. The number of hydrogen-bond donors (Lipinski definition) is 1. The number of nitrogens with two attached hydrogens (primary N) is 1. The predicted molar refractivity (Wildman–Crippen MR) is 78.6 cm³/mol. The molecule has 21 heavy (non-hydrogen) atoms. The summed E-state index contributed by atoms with van der Waals surface area (Å²) in [6, 6.07) is 6.84. The van der Waals surface area contributed by atoms with Crippen molar-refractivity contribution in [1.82, 2.24) is 9.55 Å². The molecule has 0 spiro atoms. The molecule has 0 bridgehead atoms. The van der Waals surface area contributed by atoms with Gasteiger partial charge in [0.25, 0.3) is 11.6 Å². The molecule has 6 nitrogen and oxygen atoms in total. The van der Waals surface area contributed by atoms with Crippen molar-refractivity contribution in [2.45, 2.75) is 20.4 Å². The molecule has 0 atom stereocenters. The minimum Gasteiger partial charge on any atom is -0.468 e. The van der Waals surface area contributed by atoms with E-state index in [0.717, 1.165) is 11.1 Å². The van der Waals surface area contributed by atoms with Crippen LogP contribution in [-0.4, -0.2) is 22.6 Å². The first kappa shape index (κ1) is 14.8. The minimum absolute atomic E-state index is 0.183. The molecule has 2 aromatic rings. The molecule has 0 aliphatic carbocycles. The van der Waals surface area contributed by atoms with Crippen LogP contribution in [-0.2, 0) is 6.54 Å². The zero-order valence-electron chi connectivity index (χ0n) is 12.2. The van der Waals surface area contributed by atoms with Crippen molar-refractivity contribution in [2.24, 2.45) is 5.73 Å². The Bertz CT molecular complexity index is 750. The number of nitrogens with zero attached hydrogens (tertiary/aromatic N) is 2. The van der Waals surface area contributed by atoms with E-state index in [-0.39, 0.29) is 11.6 Å². The zero-order chi connectivity index (χ0) is 15.6. The van der Waals surface area contributed by atoms with Gasteiger partial charge in [-0.2, -0.15) is 0 Å². The van der Waals surface area contributed by atoms with Crippen LogP contribution in [0.5, 0.6) is 6.01 Å². The van der Waals surface area contributed by atoms with Crippen molar-refractivity contribution in [3.8, 4) is 6.01 Å². The van der Waals surface area contributed by atoms with Crippen molar-refractivity contribution in [2.75, 3.05) is 7.11 Å². The third-order valence-electron chi connectivity index (χ3n) is 3.24. The summed E-state index contributed by atoms with van der Waals surface area (Å²) in [6.45, 7) is 3.92. The number of rotatable bonds is 4. The van der Waals surface area contributed by atoms with Crippen molar-refractivity contribution in [3.63, 3.8) is 0 Å². The van der Waals surface area contributed by atoms with Crippen LogP contribution in [0.4, 0.5) is 0 Å². The number of ether oxygens (including phenoxy) is 1. The van der Waals surface area contributed by atoms with Crippen LogP contribution in [0, 0.1) is 13.8 Å². The Balaban J connectivity index is 2.43. The van der Waals surface area contributed by atoms with Gasteiger partial charge in [0.05, 0.1) is 13.7 Å². The molecule has 0 aliphatic heterocycles. The fourth-order valence-electron chi connectivity index (χ4n) is 2.09. The van der Waals surface area contributed by atoms with Gasteiger partial charge in [-0.1, -0.05) is 6.07 Å². The minimum atomic E-state index is -0.476. The van der Waals surface area contributed by atoms with Crippen molar-refractivity contribution >= 4 is 5.91 Å². The van der Waals surface area contributed by atoms with E-state index in [4.69, 9.17) is 10.5 Å². The van der Waals surface area contributed by atoms with Gasteiger partial charge in [0, 0.05) is 17.3 Å². The number of methoxy groups -OCH3 is 1. The second-order valence-corrected chi connectivity index (χ2v) is 4.81. The molecule has 1 aromatic carbocycles. The molecule has 6 heteroatoms. The highest BCUT2D eigenvalue weighted by Crippen LogP contribution is 2.14. The van der Waals surface area contributed by atoms with Gasteiger partial charge in [0.1, 0.15) is 0 Å². The summed E-state index contributed by atoms with van der Waals surface area (Å²) < 4.78 is 6.60. The second-order valence-electron chi connectivity index (χ2n) is 4.81. The van der Waals surface area contributed by atoms with Gasteiger partial charge in [-0.05, 0) is 37.1 Å². The summed E-state index contributed by atoms with van der Waals surface area (Å²) in [4.78, 5) is 27.4. The molecule has 1 amide bonds. The van der Waals surface area contributed by atoms with Gasteiger partial charge < -0.3 is 10.5 Å². The van der Waals surface area contributed by atoms with Crippen molar-refractivity contribution in [1.29, 1.82) is 0 Å². The Morgan fingerprint density at radius 1 is 1.33 bits per heavy atom. The van der Waals surface area contributed by atoms with E-state index in [2.05, 4.69) is 4.98 Å². The SMILES string of the molecule is COc1nc(C)cc(=O)n1Cc1ccc(C(N)=O)cc1C. The molecular weight excluding hydrogens is 270 g/mol. The normalized spacial score (nSPS) is 10.4. The summed E-state index contributed by atoms with van der Waals surface area (Å²) in [5.41, 5.74) is 7.88. The Labute approximate surface area is 122 Å². The van der Waals surface area contributed by atoms with E-state index < -0.39 is 5.91 Å². The number of amides is 1.